The summed E-state index contributed by atoms with van der Waals surface area (Å²) in [5.74, 6) is 0. The third kappa shape index (κ3) is 2.75. The molecule has 1 heteroatoms. The number of allylic oxidation sites excluding steroid dienone is 4. The smallest absolute Gasteiger partial charge is 0.0262 e. The first kappa shape index (κ1) is 17.5. The quantitative estimate of drug-likeness (QED) is 0.484. The van der Waals surface area contributed by atoms with Crippen LogP contribution in [0.3, 0.4) is 0 Å². The summed E-state index contributed by atoms with van der Waals surface area (Å²) >= 11 is 0. The van der Waals surface area contributed by atoms with Crippen molar-refractivity contribution in [1.82, 2.24) is 0 Å². The Balaban J connectivity index is 2.15. The standard InChI is InChI=1S/C26H25N/c1-16-12-13-22(19(4)18(16)3)26-23-10-6-5-9-20(23)14-24(25(26)15-27)21-11-7-8-17(21)2/h5-10,12-15,27H,11H2,1-4H3. The molecule has 0 amide bonds. The van der Waals surface area contributed by atoms with Gasteiger partial charge in [-0.3, -0.25) is 0 Å². The minimum Gasteiger partial charge on any atom is -0.308 e. The summed E-state index contributed by atoms with van der Waals surface area (Å²) < 4.78 is 0. The van der Waals surface area contributed by atoms with Crippen molar-refractivity contribution in [3.63, 3.8) is 0 Å². The van der Waals surface area contributed by atoms with Gasteiger partial charge in [-0.25, -0.2) is 0 Å². The van der Waals surface area contributed by atoms with Gasteiger partial charge in [-0.1, -0.05) is 48.6 Å². The van der Waals surface area contributed by atoms with E-state index < -0.39 is 0 Å². The highest BCUT2D eigenvalue weighted by atomic mass is 14.4. The van der Waals surface area contributed by atoms with Crippen molar-refractivity contribution in [2.45, 2.75) is 34.1 Å². The van der Waals surface area contributed by atoms with Crippen LogP contribution >= 0.6 is 0 Å². The van der Waals surface area contributed by atoms with Crippen LogP contribution in [0.2, 0.25) is 0 Å². The summed E-state index contributed by atoms with van der Waals surface area (Å²) in [6, 6.07) is 15.3. The summed E-state index contributed by atoms with van der Waals surface area (Å²) in [5, 5.41) is 10.7. The minimum atomic E-state index is 0.941. The zero-order valence-corrected chi connectivity index (χ0v) is 16.5. The van der Waals surface area contributed by atoms with Crippen LogP contribution in [0.4, 0.5) is 0 Å². The first-order chi connectivity index (χ1) is 13.0. The molecule has 0 unspecified atom stereocenters. The van der Waals surface area contributed by atoms with E-state index in [1.165, 1.54) is 55.3 Å². The van der Waals surface area contributed by atoms with E-state index in [1.54, 1.807) is 6.21 Å². The van der Waals surface area contributed by atoms with Crippen molar-refractivity contribution < 1.29 is 0 Å². The van der Waals surface area contributed by atoms with Crippen LogP contribution in [0.1, 0.15) is 41.2 Å². The molecule has 0 fully saturated rings. The Hall–Kier alpha value is -2.93. The monoisotopic (exact) mass is 351 g/mol. The van der Waals surface area contributed by atoms with Crippen molar-refractivity contribution in [3.8, 4) is 11.1 Å². The van der Waals surface area contributed by atoms with Crippen LogP contribution in [0.5, 0.6) is 0 Å². The molecule has 1 aliphatic carbocycles. The lowest BCUT2D eigenvalue weighted by Gasteiger charge is -2.20. The third-order valence-electron chi connectivity index (χ3n) is 6.05. The molecule has 0 aromatic heterocycles. The van der Waals surface area contributed by atoms with Gasteiger partial charge in [0.25, 0.3) is 0 Å². The average Bonchev–Trinajstić information content (AvgIpc) is 3.11. The SMILES string of the molecule is CC1=C(c2cc3ccccc3c(-c3ccc(C)c(C)c3C)c2C=N)CC=C1. The predicted octanol–water partition coefficient (Wildman–Crippen LogP) is 7.16. The van der Waals surface area contributed by atoms with Crippen LogP contribution in [0.25, 0.3) is 27.5 Å². The second-order valence-electron chi connectivity index (χ2n) is 7.53. The molecule has 0 aliphatic heterocycles. The Labute approximate surface area is 161 Å². The first-order valence-electron chi connectivity index (χ1n) is 9.53. The van der Waals surface area contributed by atoms with Gasteiger partial charge >= 0.3 is 0 Å². The minimum absolute atomic E-state index is 0.941. The lowest BCUT2D eigenvalue weighted by atomic mass is 9.84. The second kappa shape index (κ2) is 6.66. The normalized spacial score (nSPS) is 13.6. The molecular formula is C26H25N. The van der Waals surface area contributed by atoms with Crippen molar-refractivity contribution in [2.75, 3.05) is 0 Å². The largest absolute Gasteiger partial charge is 0.308 e. The second-order valence-corrected chi connectivity index (χ2v) is 7.53. The van der Waals surface area contributed by atoms with Crippen molar-refractivity contribution >= 4 is 22.6 Å². The van der Waals surface area contributed by atoms with Crippen molar-refractivity contribution in [1.29, 1.82) is 5.41 Å². The Morgan fingerprint density at radius 3 is 2.37 bits per heavy atom. The van der Waals surface area contributed by atoms with Gasteiger partial charge in [0.15, 0.2) is 0 Å². The topological polar surface area (TPSA) is 23.9 Å². The predicted molar refractivity (Wildman–Crippen MR) is 118 cm³/mol. The Morgan fingerprint density at radius 1 is 0.889 bits per heavy atom. The molecule has 4 rings (SSSR count). The zero-order valence-electron chi connectivity index (χ0n) is 16.5. The van der Waals surface area contributed by atoms with E-state index in [0.717, 1.165) is 12.0 Å². The third-order valence-corrected chi connectivity index (χ3v) is 6.05. The number of nitrogens with one attached hydrogen (secondary N) is 1. The molecule has 0 bridgehead atoms. The molecule has 3 aromatic rings. The summed E-state index contributed by atoms with van der Waals surface area (Å²) in [4.78, 5) is 0. The van der Waals surface area contributed by atoms with Gasteiger partial charge in [0, 0.05) is 11.8 Å². The van der Waals surface area contributed by atoms with E-state index in [0.29, 0.717) is 0 Å². The van der Waals surface area contributed by atoms with Crippen LogP contribution < -0.4 is 0 Å². The lowest BCUT2D eigenvalue weighted by Crippen LogP contribution is -2.00. The molecule has 0 heterocycles. The zero-order chi connectivity index (χ0) is 19.1. The molecule has 0 saturated carbocycles. The highest BCUT2D eigenvalue weighted by Crippen LogP contribution is 2.41. The van der Waals surface area contributed by atoms with E-state index in [1.807, 2.05) is 0 Å². The van der Waals surface area contributed by atoms with E-state index >= 15 is 0 Å². The van der Waals surface area contributed by atoms with Gasteiger partial charge in [-0.15, -0.1) is 0 Å². The van der Waals surface area contributed by atoms with Gasteiger partial charge < -0.3 is 5.41 Å². The Bertz CT molecular complexity index is 1140. The van der Waals surface area contributed by atoms with E-state index in [2.05, 4.69) is 82.3 Å². The molecule has 0 atom stereocenters. The number of aryl methyl sites for hydroxylation is 1. The highest BCUT2D eigenvalue weighted by Gasteiger charge is 2.19. The summed E-state index contributed by atoms with van der Waals surface area (Å²) in [6.07, 6.45) is 6.90. The van der Waals surface area contributed by atoms with Gasteiger partial charge in [0.1, 0.15) is 0 Å². The van der Waals surface area contributed by atoms with E-state index in [-0.39, 0.29) is 0 Å². The van der Waals surface area contributed by atoms with Crippen LogP contribution in [0.15, 0.2) is 60.2 Å². The maximum atomic E-state index is 8.28. The fourth-order valence-electron chi connectivity index (χ4n) is 4.22. The summed E-state index contributed by atoms with van der Waals surface area (Å²) in [5.41, 5.74) is 11.2. The van der Waals surface area contributed by atoms with Crippen molar-refractivity contribution in [2.24, 2.45) is 0 Å². The van der Waals surface area contributed by atoms with Crippen LogP contribution in [-0.2, 0) is 0 Å². The van der Waals surface area contributed by atoms with Gasteiger partial charge in [-0.2, -0.15) is 0 Å². The van der Waals surface area contributed by atoms with Gasteiger partial charge in [0.05, 0.1) is 0 Å². The van der Waals surface area contributed by atoms with Crippen LogP contribution in [0, 0.1) is 26.2 Å². The number of rotatable bonds is 3. The number of benzene rings is 3. The molecule has 1 N–H and O–H groups in total. The Morgan fingerprint density at radius 2 is 1.67 bits per heavy atom. The Kier molecular flexibility index (Phi) is 4.31. The molecule has 0 radical (unpaired) electrons. The highest BCUT2D eigenvalue weighted by molar-refractivity contribution is 6.09. The molecule has 3 aromatic carbocycles. The maximum absolute atomic E-state index is 8.28. The average molecular weight is 351 g/mol. The molecule has 27 heavy (non-hydrogen) atoms. The number of hydrogen-bond acceptors (Lipinski definition) is 1. The molecule has 0 spiro atoms. The fourth-order valence-corrected chi connectivity index (χ4v) is 4.22. The molecular weight excluding hydrogens is 326 g/mol. The van der Waals surface area contributed by atoms with E-state index in [4.69, 9.17) is 5.41 Å². The molecule has 1 nitrogen and oxygen atoms in total. The van der Waals surface area contributed by atoms with Gasteiger partial charge in [0.2, 0.25) is 0 Å². The lowest BCUT2D eigenvalue weighted by molar-refractivity contribution is 1.27. The summed E-state index contributed by atoms with van der Waals surface area (Å²) in [6.45, 7) is 8.73. The van der Waals surface area contributed by atoms with Crippen LogP contribution in [-0.4, -0.2) is 6.21 Å². The molecule has 0 saturated heterocycles. The fraction of sp³-hybridized carbons (Fsp3) is 0.192. The number of fused-ring (bicyclic) bond motifs is 1. The summed E-state index contributed by atoms with van der Waals surface area (Å²) in [7, 11) is 0. The molecule has 134 valence electrons. The van der Waals surface area contributed by atoms with E-state index in [9.17, 15) is 0 Å². The maximum Gasteiger partial charge on any atom is 0.0262 e. The van der Waals surface area contributed by atoms with Crippen molar-refractivity contribution in [3.05, 3.63) is 88.0 Å². The molecule has 1 aliphatic rings. The first-order valence-corrected chi connectivity index (χ1v) is 9.53. The van der Waals surface area contributed by atoms with Gasteiger partial charge in [-0.05, 0) is 95.5 Å². The number of hydrogen-bond donors (Lipinski definition) is 1.